The molecule has 0 aliphatic rings. The first-order chi connectivity index (χ1) is 12.8. The zero-order chi connectivity index (χ0) is 20.1. The average molecular weight is 452 g/mol. The summed E-state index contributed by atoms with van der Waals surface area (Å²) in [7, 11) is 0. The molecule has 0 radical (unpaired) electrons. The number of hydrogen-bond acceptors (Lipinski definition) is 5. The third kappa shape index (κ3) is 5.44. The molecule has 10 heteroatoms. The lowest BCUT2D eigenvalue weighted by Gasteiger charge is -2.12. The third-order valence-electron chi connectivity index (χ3n) is 3.76. The lowest BCUT2D eigenvalue weighted by Crippen LogP contribution is -2.25. The predicted octanol–water partition coefficient (Wildman–Crippen LogP) is 4.68. The normalized spacial score (nSPS) is 11.2. The summed E-state index contributed by atoms with van der Waals surface area (Å²) in [5.41, 5.74) is -0.123. The van der Waals surface area contributed by atoms with Crippen molar-refractivity contribution < 1.29 is 9.90 Å². The lowest BCUT2D eigenvalue weighted by molar-refractivity contribution is 0.0950. The first-order valence-electron chi connectivity index (χ1n) is 8.37. The first-order valence-corrected chi connectivity index (χ1v) is 10.7. The van der Waals surface area contributed by atoms with Gasteiger partial charge >= 0.3 is 0 Å². The number of phenols is 1. The molecule has 2 N–H and O–H groups in total. The standard InChI is InChI=1S/C17H21Cl3N4O2S/c1-9(2)8-24-12(22-23-17(24)27-3)5-4-6-21-16(26)13-14(20)10(18)7-11(19)15(13)25/h7,9,25H,4-6,8H2,1-3H3,(H,21,26). The van der Waals surface area contributed by atoms with E-state index in [1.807, 2.05) is 6.26 Å². The molecule has 1 amide bonds. The molecule has 0 aliphatic heterocycles. The summed E-state index contributed by atoms with van der Waals surface area (Å²) in [4.78, 5) is 12.4. The van der Waals surface area contributed by atoms with E-state index in [4.69, 9.17) is 34.8 Å². The summed E-state index contributed by atoms with van der Waals surface area (Å²) in [6.45, 7) is 5.50. The van der Waals surface area contributed by atoms with Crippen LogP contribution in [0.1, 0.15) is 36.5 Å². The Bertz CT molecular complexity index is 801. The van der Waals surface area contributed by atoms with Gasteiger partial charge in [0.05, 0.1) is 15.1 Å². The van der Waals surface area contributed by atoms with E-state index >= 15 is 0 Å². The Kier molecular flexibility index (Phi) is 8.09. The van der Waals surface area contributed by atoms with Gasteiger partial charge in [0.1, 0.15) is 17.1 Å². The van der Waals surface area contributed by atoms with Crippen molar-refractivity contribution >= 4 is 52.5 Å². The van der Waals surface area contributed by atoms with Gasteiger partial charge in [-0.15, -0.1) is 10.2 Å². The number of aromatic hydroxyl groups is 1. The van der Waals surface area contributed by atoms with Crippen LogP contribution in [0.15, 0.2) is 11.2 Å². The molecule has 2 aromatic rings. The van der Waals surface area contributed by atoms with Gasteiger partial charge in [0.2, 0.25) is 0 Å². The Balaban J connectivity index is 1.98. The summed E-state index contributed by atoms with van der Waals surface area (Å²) >= 11 is 19.4. The van der Waals surface area contributed by atoms with Crippen molar-refractivity contribution in [1.29, 1.82) is 0 Å². The number of benzene rings is 1. The monoisotopic (exact) mass is 450 g/mol. The molecule has 148 valence electrons. The fraction of sp³-hybridized carbons (Fsp3) is 0.471. The topological polar surface area (TPSA) is 80.0 Å². The van der Waals surface area contributed by atoms with Gasteiger partial charge in [0.15, 0.2) is 5.16 Å². The van der Waals surface area contributed by atoms with Gasteiger partial charge < -0.3 is 15.0 Å². The van der Waals surface area contributed by atoms with Crippen LogP contribution in [-0.4, -0.2) is 38.6 Å². The Labute approximate surface area is 177 Å². The van der Waals surface area contributed by atoms with Crippen LogP contribution < -0.4 is 5.32 Å². The SMILES string of the molecule is CSc1nnc(CCCNC(=O)c2c(O)c(Cl)cc(Cl)c2Cl)n1CC(C)C. The smallest absolute Gasteiger partial charge is 0.256 e. The molecule has 1 aromatic carbocycles. The van der Waals surface area contributed by atoms with E-state index in [2.05, 4.69) is 33.9 Å². The van der Waals surface area contributed by atoms with Gasteiger partial charge in [-0.25, -0.2) is 0 Å². The Morgan fingerprint density at radius 1 is 1.30 bits per heavy atom. The molecule has 1 aromatic heterocycles. The number of phenolic OH excluding ortho intramolecular Hbond substituents is 1. The largest absolute Gasteiger partial charge is 0.505 e. The summed E-state index contributed by atoms with van der Waals surface area (Å²) in [5.74, 6) is 0.442. The first kappa shape index (κ1) is 22.1. The second-order valence-corrected chi connectivity index (χ2v) is 8.31. The number of aryl methyl sites for hydroxylation is 1. The second kappa shape index (κ2) is 9.87. The number of halogens is 3. The molecule has 0 fully saturated rings. The molecule has 0 saturated carbocycles. The molecule has 1 heterocycles. The zero-order valence-electron chi connectivity index (χ0n) is 15.2. The van der Waals surface area contributed by atoms with Crippen LogP contribution in [0.4, 0.5) is 0 Å². The van der Waals surface area contributed by atoms with Gasteiger partial charge in [-0.2, -0.15) is 0 Å². The minimum Gasteiger partial charge on any atom is -0.505 e. The number of nitrogens with zero attached hydrogens (tertiary/aromatic N) is 3. The van der Waals surface area contributed by atoms with Gasteiger partial charge in [-0.05, 0) is 24.7 Å². The van der Waals surface area contributed by atoms with Crippen LogP contribution in [0.3, 0.4) is 0 Å². The minimum atomic E-state index is -0.532. The van der Waals surface area contributed by atoms with Crippen molar-refractivity contribution in [3.8, 4) is 5.75 Å². The maximum Gasteiger partial charge on any atom is 0.256 e. The van der Waals surface area contributed by atoms with Crippen LogP contribution >= 0.6 is 46.6 Å². The van der Waals surface area contributed by atoms with E-state index in [9.17, 15) is 9.90 Å². The van der Waals surface area contributed by atoms with E-state index < -0.39 is 5.91 Å². The molecule has 0 spiro atoms. The molecule has 0 aliphatic carbocycles. The molecule has 0 bridgehead atoms. The molecule has 0 saturated heterocycles. The molecule has 0 unspecified atom stereocenters. The number of carbonyl (C=O) groups excluding carboxylic acids is 1. The van der Waals surface area contributed by atoms with Crippen molar-refractivity contribution in [1.82, 2.24) is 20.1 Å². The van der Waals surface area contributed by atoms with Gasteiger partial charge in [0, 0.05) is 19.5 Å². The molecule has 2 rings (SSSR count). The van der Waals surface area contributed by atoms with Crippen molar-refractivity contribution in [3.05, 3.63) is 32.5 Å². The fourth-order valence-electron chi connectivity index (χ4n) is 2.53. The number of thioether (sulfide) groups is 1. The molecule has 27 heavy (non-hydrogen) atoms. The third-order valence-corrected chi connectivity index (χ3v) is 5.50. The summed E-state index contributed by atoms with van der Waals surface area (Å²) < 4.78 is 2.11. The quantitative estimate of drug-likeness (QED) is 0.346. The van der Waals surface area contributed by atoms with E-state index in [0.29, 0.717) is 25.3 Å². The number of rotatable bonds is 8. The highest BCUT2D eigenvalue weighted by molar-refractivity contribution is 7.98. The number of aromatic nitrogens is 3. The Hall–Kier alpha value is -1.15. The van der Waals surface area contributed by atoms with Gasteiger partial charge in [-0.1, -0.05) is 60.4 Å². The molecule has 0 atom stereocenters. The van der Waals surface area contributed by atoms with Crippen LogP contribution in [0, 0.1) is 5.92 Å². The van der Waals surface area contributed by atoms with Crippen LogP contribution in [0.25, 0.3) is 0 Å². The van der Waals surface area contributed by atoms with E-state index in [1.165, 1.54) is 6.07 Å². The number of hydrogen-bond donors (Lipinski definition) is 2. The van der Waals surface area contributed by atoms with Crippen LogP contribution in [0.5, 0.6) is 5.75 Å². The molecule has 6 nitrogen and oxygen atoms in total. The summed E-state index contributed by atoms with van der Waals surface area (Å²) in [6, 6.07) is 1.29. The molecular formula is C17H21Cl3N4O2S. The van der Waals surface area contributed by atoms with Crippen molar-refractivity contribution in [2.45, 2.75) is 38.4 Å². The fourth-order valence-corrected chi connectivity index (χ4v) is 3.75. The number of nitrogens with one attached hydrogen (secondary N) is 1. The number of amides is 1. The zero-order valence-corrected chi connectivity index (χ0v) is 18.3. The highest BCUT2D eigenvalue weighted by Crippen LogP contribution is 2.38. The predicted molar refractivity (Wildman–Crippen MR) is 110 cm³/mol. The van der Waals surface area contributed by atoms with E-state index in [1.54, 1.807) is 11.8 Å². The van der Waals surface area contributed by atoms with Crippen molar-refractivity contribution in [2.75, 3.05) is 12.8 Å². The highest BCUT2D eigenvalue weighted by Gasteiger charge is 2.21. The Morgan fingerprint density at radius 3 is 2.63 bits per heavy atom. The lowest BCUT2D eigenvalue weighted by atomic mass is 10.1. The summed E-state index contributed by atoms with van der Waals surface area (Å²) in [5, 5.41) is 22.1. The molecular weight excluding hydrogens is 431 g/mol. The van der Waals surface area contributed by atoms with Crippen molar-refractivity contribution in [3.63, 3.8) is 0 Å². The average Bonchev–Trinajstić information content (AvgIpc) is 2.98. The maximum absolute atomic E-state index is 12.4. The van der Waals surface area contributed by atoms with Crippen molar-refractivity contribution in [2.24, 2.45) is 5.92 Å². The van der Waals surface area contributed by atoms with Crippen LogP contribution in [-0.2, 0) is 13.0 Å². The van der Waals surface area contributed by atoms with E-state index in [-0.39, 0.29) is 26.4 Å². The number of carbonyl (C=O) groups is 1. The maximum atomic E-state index is 12.4. The summed E-state index contributed by atoms with van der Waals surface area (Å²) in [6.07, 6.45) is 3.29. The minimum absolute atomic E-state index is 0.0269. The van der Waals surface area contributed by atoms with Gasteiger partial charge in [-0.3, -0.25) is 4.79 Å². The Morgan fingerprint density at radius 2 is 2.00 bits per heavy atom. The van der Waals surface area contributed by atoms with E-state index in [0.717, 1.165) is 17.5 Å². The second-order valence-electron chi connectivity index (χ2n) is 6.34. The van der Waals surface area contributed by atoms with Crippen LogP contribution in [0.2, 0.25) is 15.1 Å². The highest BCUT2D eigenvalue weighted by atomic mass is 35.5. The van der Waals surface area contributed by atoms with Gasteiger partial charge in [0.25, 0.3) is 5.91 Å².